The molecule has 1 aliphatic carbocycles. The van der Waals surface area contributed by atoms with Crippen LogP contribution in [0.25, 0.3) is 11.3 Å². The molecule has 5 rings (SSSR count). The molecule has 1 aromatic heterocycles. The van der Waals surface area contributed by atoms with Crippen molar-refractivity contribution in [3.63, 3.8) is 0 Å². The summed E-state index contributed by atoms with van der Waals surface area (Å²) in [4.78, 5) is 11.3. The fourth-order valence-electron chi connectivity index (χ4n) is 4.94. The Morgan fingerprint density at radius 3 is 2.43 bits per heavy atom. The summed E-state index contributed by atoms with van der Waals surface area (Å²) >= 11 is 6.08. The summed E-state index contributed by atoms with van der Waals surface area (Å²) in [6.07, 6.45) is 5.60. The topological polar surface area (TPSA) is 90.5 Å². The second-order valence-electron chi connectivity index (χ2n) is 9.86. The lowest BCUT2D eigenvalue weighted by Crippen LogP contribution is -2.41. The average Bonchev–Trinajstić information content (AvgIpc) is 3.39. The van der Waals surface area contributed by atoms with Crippen LogP contribution in [-0.4, -0.2) is 59.9 Å². The van der Waals surface area contributed by atoms with E-state index in [9.17, 15) is 8.42 Å². The highest BCUT2D eigenvalue weighted by atomic mass is 35.5. The number of nitrogens with zero attached hydrogens (tertiary/aromatic N) is 4. The summed E-state index contributed by atoms with van der Waals surface area (Å²) in [5, 5.41) is 3.31. The lowest BCUT2D eigenvalue weighted by molar-refractivity contribution is 0.185. The first kappa shape index (κ1) is 26.1. The normalized spacial score (nSPS) is 17.8. The molecule has 1 saturated carbocycles. The van der Waals surface area contributed by atoms with Gasteiger partial charge >= 0.3 is 0 Å². The van der Waals surface area contributed by atoms with Gasteiger partial charge in [-0.2, -0.15) is 0 Å². The highest BCUT2D eigenvalue weighted by molar-refractivity contribution is 7.88. The first-order chi connectivity index (χ1) is 17.9. The zero-order valence-corrected chi connectivity index (χ0v) is 22.4. The van der Waals surface area contributed by atoms with E-state index in [1.165, 1.54) is 5.56 Å². The van der Waals surface area contributed by atoms with Gasteiger partial charge in [-0.05, 0) is 53.9 Å². The Morgan fingerprint density at radius 2 is 1.68 bits per heavy atom. The molecule has 2 heterocycles. The molecule has 8 nitrogen and oxygen atoms in total. The third-order valence-corrected chi connectivity index (χ3v) is 8.64. The second kappa shape index (κ2) is 11.9. The number of anilines is 2. The fourth-order valence-corrected chi connectivity index (χ4v) is 6.55. The first-order valence-electron chi connectivity index (χ1n) is 12.8. The molecule has 1 aliphatic heterocycles. The minimum atomic E-state index is -3.34. The van der Waals surface area contributed by atoms with Crippen LogP contribution in [0.3, 0.4) is 0 Å². The molecule has 0 atom stereocenters. The number of benzene rings is 2. The highest BCUT2D eigenvalue weighted by Gasteiger charge is 2.21. The van der Waals surface area contributed by atoms with E-state index in [4.69, 9.17) is 11.8 Å². The summed E-state index contributed by atoms with van der Waals surface area (Å²) in [7, 11) is -3.34. The van der Waals surface area contributed by atoms with E-state index in [1.54, 1.807) is 6.33 Å². The number of aromatic nitrogens is 2. The van der Waals surface area contributed by atoms with Gasteiger partial charge in [0.2, 0.25) is 10.0 Å². The van der Waals surface area contributed by atoms with E-state index in [0.29, 0.717) is 5.82 Å². The van der Waals surface area contributed by atoms with Crippen LogP contribution in [-0.2, 0) is 22.3 Å². The van der Waals surface area contributed by atoms with Crippen molar-refractivity contribution in [1.82, 2.24) is 24.0 Å². The van der Waals surface area contributed by atoms with Gasteiger partial charge in [-0.15, -0.1) is 0 Å². The van der Waals surface area contributed by atoms with Crippen LogP contribution >= 0.6 is 11.8 Å². The van der Waals surface area contributed by atoms with Crippen molar-refractivity contribution in [2.24, 2.45) is 0 Å². The van der Waals surface area contributed by atoms with E-state index in [2.05, 4.69) is 49.2 Å². The Labute approximate surface area is 224 Å². The molecule has 10 heteroatoms. The molecule has 2 aromatic carbocycles. The van der Waals surface area contributed by atoms with Gasteiger partial charge in [0.1, 0.15) is 12.1 Å². The molecule has 3 aromatic rings. The maximum atomic E-state index is 12.5. The van der Waals surface area contributed by atoms with Gasteiger partial charge in [0.05, 0.1) is 11.4 Å². The van der Waals surface area contributed by atoms with Crippen molar-refractivity contribution in [2.75, 3.05) is 31.5 Å². The molecule has 2 N–H and O–H groups in total. The zero-order valence-electron chi connectivity index (χ0n) is 20.8. The molecule has 0 spiro atoms. The van der Waals surface area contributed by atoms with Crippen LogP contribution in [0.1, 0.15) is 36.8 Å². The summed E-state index contributed by atoms with van der Waals surface area (Å²) < 4.78 is 29.7. The fraction of sp³-hybridized carbons (Fsp3) is 0.407. The standard InChI is InChI=1S/C27H33ClN6O2S/c28-34-14-12-33(13-15-34)18-22-4-3-5-23(16-22)26-17-27(30-20-29-26)31-24-10-8-21(9-11-24)19-37(35,36)32-25-6-1-2-7-25/h3-5,8-11,16-17,20,25,32H,1-2,6-7,12-15,18-19H2,(H,29,30,31). The quantitative estimate of drug-likeness (QED) is 0.386. The average molecular weight is 541 g/mol. The van der Waals surface area contributed by atoms with Gasteiger partial charge in [-0.3, -0.25) is 4.90 Å². The summed E-state index contributed by atoms with van der Waals surface area (Å²) in [6, 6.07) is 17.9. The highest BCUT2D eigenvalue weighted by Crippen LogP contribution is 2.24. The van der Waals surface area contributed by atoms with E-state index in [-0.39, 0.29) is 11.8 Å². The van der Waals surface area contributed by atoms with Crippen LogP contribution in [0.15, 0.2) is 60.9 Å². The SMILES string of the molecule is O=S(=O)(Cc1ccc(Nc2cc(-c3cccc(CN4CCN(Cl)CC4)c3)ncn2)cc1)NC1CCCC1. The lowest BCUT2D eigenvalue weighted by Gasteiger charge is -2.30. The van der Waals surface area contributed by atoms with E-state index < -0.39 is 10.0 Å². The molecule has 0 radical (unpaired) electrons. The smallest absolute Gasteiger partial charge is 0.216 e. The van der Waals surface area contributed by atoms with E-state index in [1.807, 2.05) is 34.8 Å². The number of hydrogen-bond donors (Lipinski definition) is 2. The molecule has 196 valence electrons. The van der Waals surface area contributed by atoms with Gasteiger partial charge in [-0.1, -0.05) is 43.2 Å². The maximum Gasteiger partial charge on any atom is 0.216 e. The molecule has 0 bridgehead atoms. The molecule has 0 unspecified atom stereocenters. The number of piperazine rings is 1. The third kappa shape index (κ3) is 7.49. The Bertz CT molecular complexity index is 1290. The number of halogens is 1. The lowest BCUT2D eigenvalue weighted by atomic mass is 10.1. The summed E-state index contributed by atoms with van der Waals surface area (Å²) in [6.45, 7) is 4.54. The van der Waals surface area contributed by atoms with Crippen molar-refractivity contribution >= 4 is 33.3 Å². The van der Waals surface area contributed by atoms with Crippen LogP contribution in [0, 0.1) is 0 Å². The minimum absolute atomic E-state index is 0.0145. The number of hydrogen-bond acceptors (Lipinski definition) is 7. The molecular formula is C27H33ClN6O2S. The Kier molecular flexibility index (Phi) is 8.36. The van der Waals surface area contributed by atoms with Gasteiger partial charge in [0, 0.05) is 56.1 Å². The zero-order chi connectivity index (χ0) is 25.7. The summed E-state index contributed by atoms with van der Waals surface area (Å²) in [5.41, 5.74) is 4.70. The number of rotatable bonds is 9. The Balaban J connectivity index is 1.21. The van der Waals surface area contributed by atoms with Crippen molar-refractivity contribution < 1.29 is 8.42 Å². The van der Waals surface area contributed by atoms with Gasteiger partial charge in [0.15, 0.2) is 0 Å². The number of nitrogens with one attached hydrogen (secondary N) is 2. The van der Waals surface area contributed by atoms with E-state index >= 15 is 0 Å². The maximum absolute atomic E-state index is 12.5. The number of sulfonamides is 1. The van der Waals surface area contributed by atoms with Crippen LogP contribution < -0.4 is 10.0 Å². The minimum Gasteiger partial charge on any atom is -0.340 e. The van der Waals surface area contributed by atoms with Crippen molar-refractivity contribution in [1.29, 1.82) is 0 Å². The van der Waals surface area contributed by atoms with Gasteiger partial charge < -0.3 is 5.32 Å². The third-order valence-electron chi connectivity index (χ3n) is 6.90. The largest absolute Gasteiger partial charge is 0.340 e. The van der Waals surface area contributed by atoms with Crippen LogP contribution in [0.4, 0.5) is 11.5 Å². The first-order valence-corrected chi connectivity index (χ1v) is 14.8. The molecular weight excluding hydrogens is 508 g/mol. The summed E-state index contributed by atoms with van der Waals surface area (Å²) in [5.74, 6) is 0.663. The van der Waals surface area contributed by atoms with Gasteiger partial charge in [-0.25, -0.2) is 27.5 Å². The van der Waals surface area contributed by atoms with Crippen molar-refractivity contribution in [3.05, 3.63) is 72.1 Å². The van der Waals surface area contributed by atoms with Gasteiger partial charge in [0.25, 0.3) is 0 Å². The van der Waals surface area contributed by atoms with E-state index in [0.717, 1.165) is 80.9 Å². The molecule has 37 heavy (non-hydrogen) atoms. The Hall–Kier alpha value is -2.56. The van der Waals surface area contributed by atoms with Crippen LogP contribution in [0.5, 0.6) is 0 Å². The predicted molar refractivity (Wildman–Crippen MR) is 148 cm³/mol. The molecule has 0 amide bonds. The molecule has 2 fully saturated rings. The van der Waals surface area contributed by atoms with Crippen molar-refractivity contribution in [2.45, 2.75) is 44.0 Å². The van der Waals surface area contributed by atoms with Crippen LogP contribution in [0.2, 0.25) is 0 Å². The van der Waals surface area contributed by atoms with Crippen molar-refractivity contribution in [3.8, 4) is 11.3 Å². The second-order valence-corrected chi connectivity index (χ2v) is 12.1. The predicted octanol–water partition coefficient (Wildman–Crippen LogP) is 4.52. The monoisotopic (exact) mass is 540 g/mol. The molecule has 2 aliphatic rings. The Morgan fingerprint density at radius 1 is 0.919 bits per heavy atom. The molecule has 1 saturated heterocycles.